The highest BCUT2D eigenvalue weighted by Gasteiger charge is 2.06. The van der Waals surface area contributed by atoms with Gasteiger partial charge in [-0.25, -0.2) is 4.79 Å². The zero-order valence-corrected chi connectivity index (χ0v) is 6.72. The summed E-state index contributed by atoms with van der Waals surface area (Å²) in [4.78, 5) is 10.5. The van der Waals surface area contributed by atoms with Gasteiger partial charge in [0.25, 0.3) is 0 Å². The SMILES string of the molecule is Bc1ccc(Cl)c(C(=O)O)c1. The van der Waals surface area contributed by atoms with E-state index in [-0.39, 0.29) is 10.6 Å². The van der Waals surface area contributed by atoms with Crippen LogP contribution in [0.15, 0.2) is 18.2 Å². The van der Waals surface area contributed by atoms with E-state index in [9.17, 15) is 4.79 Å². The maximum absolute atomic E-state index is 10.5. The second kappa shape index (κ2) is 2.97. The molecule has 0 aromatic heterocycles. The van der Waals surface area contributed by atoms with Crippen LogP contribution in [0.4, 0.5) is 0 Å². The van der Waals surface area contributed by atoms with Crippen LogP contribution in [-0.4, -0.2) is 18.9 Å². The number of halogens is 1. The van der Waals surface area contributed by atoms with Crippen molar-refractivity contribution in [2.75, 3.05) is 0 Å². The second-order valence-corrected chi connectivity index (χ2v) is 2.70. The number of aromatic carboxylic acids is 1. The predicted molar refractivity (Wildman–Crippen MR) is 46.6 cm³/mol. The van der Waals surface area contributed by atoms with Crippen molar-refractivity contribution in [2.24, 2.45) is 0 Å². The van der Waals surface area contributed by atoms with Gasteiger partial charge in [0.15, 0.2) is 0 Å². The molecule has 1 N–H and O–H groups in total. The summed E-state index contributed by atoms with van der Waals surface area (Å²) in [6, 6.07) is 4.90. The van der Waals surface area contributed by atoms with Crippen molar-refractivity contribution in [2.45, 2.75) is 0 Å². The van der Waals surface area contributed by atoms with Gasteiger partial charge >= 0.3 is 5.97 Å². The Bertz CT molecular complexity index is 298. The Morgan fingerprint density at radius 3 is 2.64 bits per heavy atom. The molecular formula is C7H6BClO2. The van der Waals surface area contributed by atoms with Gasteiger partial charge in [0.05, 0.1) is 10.6 Å². The van der Waals surface area contributed by atoms with E-state index in [0.29, 0.717) is 0 Å². The summed E-state index contributed by atoms with van der Waals surface area (Å²) < 4.78 is 0. The zero-order chi connectivity index (χ0) is 8.43. The summed E-state index contributed by atoms with van der Waals surface area (Å²) in [5.74, 6) is -0.987. The van der Waals surface area contributed by atoms with E-state index in [1.807, 2.05) is 7.85 Å². The standard InChI is InChI=1S/C7H6BClO2/c8-4-1-2-6(9)5(3-4)7(10)11/h1-3H,8H2,(H,10,11). The monoisotopic (exact) mass is 168 g/mol. The maximum Gasteiger partial charge on any atom is 0.337 e. The molecule has 1 aromatic rings. The molecule has 1 aromatic carbocycles. The second-order valence-electron chi connectivity index (χ2n) is 2.29. The molecule has 0 fully saturated rings. The molecule has 0 radical (unpaired) electrons. The third kappa shape index (κ3) is 1.74. The Labute approximate surface area is 70.2 Å². The first-order chi connectivity index (χ1) is 5.11. The lowest BCUT2D eigenvalue weighted by Crippen LogP contribution is -2.07. The third-order valence-electron chi connectivity index (χ3n) is 1.35. The minimum atomic E-state index is -0.987. The Kier molecular flexibility index (Phi) is 2.20. The van der Waals surface area contributed by atoms with Gasteiger partial charge < -0.3 is 5.11 Å². The summed E-state index contributed by atoms with van der Waals surface area (Å²) in [6.07, 6.45) is 0. The molecule has 0 amide bonds. The topological polar surface area (TPSA) is 37.3 Å². The lowest BCUT2D eigenvalue weighted by atomic mass is 9.94. The number of benzene rings is 1. The van der Waals surface area contributed by atoms with Crippen LogP contribution in [0.2, 0.25) is 5.02 Å². The summed E-state index contributed by atoms with van der Waals surface area (Å²) in [6.45, 7) is 0. The summed E-state index contributed by atoms with van der Waals surface area (Å²) >= 11 is 5.61. The van der Waals surface area contributed by atoms with Gasteiger partial charge in [0.2, 0.25) is 0 Å². The molecular weight excluding hydrogens is 162 g/mol. The highest BCUT2D eigenvalue weighted by Crippen LogP contribution is 2.12. The fourth-order valence-electron chi connectivity index (χ4n) is 0.803. The molecule has 56 valence electrons. The maximum atomic E-state index is 10.5. The molecule has 0 unspecified atom stereocenters. The van der Waals surface area contributed by atoms with Crippen LogP contribution in [0.25, 0.3) is 0 Å². The normalized spacial score (nSPS) is 9.55. The van der Waals surface area contributed by atoms with Crippen molar-refractivity contribution in [1.29, 1.82) is 0 Å². The first-order valence-corrected chi connectivity index (χ1v) is 3.48. The van der Waals surface area contributed by atoms with Crippen LogP contribution < -0.4 is 5.46 Å². The number of carbonyl (C=O) groups is 1. The smallest absolute Gasteiger partial charge is 0.337 e. The van der Waals surface area contributed by atoms with Crippen molar-refractivity contribution >= 4 is 30.9 Å². The minimum Gasteiger partial charge on any atom is -0.478 e. The van der Waals surface area contributed by atoms with Crippen molar-refractivity contribution in [3.8, 4) is 0 Å². The zero-order valence-electron chi connectivity index (χ0n) is 5.97. The molecule has 0 bridgehead atoms. The Balaban J connectivity index is 3.23. The molecule has 0 heterocycles. The van der Waals surface area contributed by atoms with E-state index >= 15 is 0 Å². The number of hydrogen-bond donors (Lipinski definition) is 1. The van der Waals surface area contributed by atoms with Crippen molar-refractivity contribution in [3.63, 3.8) is 0 Å². The lowest BCUT2D eigenvalue weighted by molar-refractivity contribution is 0.0697. The number of carboxylic acid groups (broad SMARTS) is 1. The van der Waals surface area contributed by atoms with Crippen LogP contribution >= 0.6 is 11.6 Å². The Hall–Kier alpha value is -0.955. The molecule has 0 aliphatic rings. The number of rotatable bonds is 1. The first kappa shape index (κ1) is 8.14. The quantitative estimate of drug-likeness (QED) is 0.612. The van der Waals surface area contributed by atoms with E-state index in [0.717, 1.165) is 5.46 Å². The van der Waals surface area contributed by atoms with Crippen LogP contribution in [-0.2, 0) is 0 Å². The van der Waals surface area contributed by atoms with E-state index < -0.39 is 5.97 Å². The van der Waals surface area contributed by atoms with Crippen molar-refractivity contribution in [1.82, 2.24) is 0 Å². The lowest BCUT2D eigenvalue weighted by Gasteiger charge is -1.98. The van der Waals surface area contributed by atoms with E-state index in [2.05, 4.69) is 0 Å². The van der Waals surface area contributed by atoms with Gasteiger partial charge in [-0.2, -0.15) is 0 Å². The third-order valence-corrected chi connectivity index (χ3v) is 1.68. The average Bonchev–Trinajstić information content (AvgIpc) is 1.94. The van der Waals surface area contributed by atoms with Crippen LogP contribution in [0.1, 0.15) is 10.4 Å². The summed E-state index contributed by atoms with van der Waals surface area (Å²) in [5.41, 5.74) is 1.05. The Morgan fingerprint density at radius 1 is 1.55 bits per heavy atom. The molecule has 11 heavy (non-hydrogen) atoms. The van der Waals surface area contributed by atoms with Gasteiger partial charge in [-0.3, -0.25) is 0 Å². The van der Waals surface area contributed by atoms with Crippen LogP contribution in [0.3, 0.4) is 0 Å². The molecule has 0 saturated carbocycles. The highest BCUT2D eigenvalue weighted by atomic mass is 35.5. The van der Waals surface area contributed by atoms with Gasteiger partial charge in [-0.15, -0.1) is 0 Å². The van der Waals surface area contributed by atoms with Crippen molar-refractivity contribution in [3.05, 3.63) is 28.8 Å². The van der Waals surface area contributed by atoms with E-state index in [1.165, 1.54) is 0 Å². The number of hydrogen-bond acceptors (Lipinski definition) is 1. The molecule has 0 saturated heterocycles. The molecule has 0 spiro atoms. The van der Waals surface area contributed by atoms with E-state index in [1.54, 1.807) is 18.2 Å². The summed E-state index contributed by atoms with van der Waals surface area (Å²) in [5, 5.41) is 8.89. The fourth-order valence-corrected chi connectivity index (χ4v) is 1.00. The molecule has 0 aliphatic heterocycles. The van der Waals surface area contributed by atoms with Crippen LogP contribution in [0, 0.1) is 0 Å². The molecule has 0 aliphatic carbocycles. The largest absolute Gasteiger partial charge is 0.478 e. The molecule has 0 atom stereocenters. The molecule has 1 rings (SSSR count). The van der Waals surface area contributed by atoms with E-state index in [4.69, 9.17) is 16.7 Å². The molecule has 2 nitrogen and oxygen atoms in total. The van der Waals surface area contributed by atoms with Gasteiger partial charge in [0.1, 0.15) is 7.85 Å². The van der Waals surface area contributed by atoms with Gasteiger partial charge in [-0.05, 0) is 6.07 Å². The minimum absolute atomic E-state index is 0.159. The fraction of sp³-hybridized carbons (Fsp3) is 0. The highest BCUT2D eigenvalue weighted by molar-refractivity contribution is 6.36. The Morgan fingerprint density at radius 2 is 2.18 bits per heavy atom. The first-order valence-electron chi connectivity index (χ1n) is 3.10. The van der Waals surface area contributed by atoms with Crippen molar-refractivity contribution < 1.29 is 9.90 Å². The summed E-state index contributed by atoms with van der Waals surface area (Å²) in [7, 11) is 1.82. The van der Waals surface area contributed by atoms with Gasteiger partial charge in [0, 0.05) is 0 Å². The average molecular weight is 168 g/mol. The van der Waals surface area contributed by atoms with Crippen LogP contribution in [0.5, 0.6) is 0 Å². The predicted octanol–water partition coefficient (Wildman–Crippen LogP) is 0.297. The number of carboxylic acids is 1. The molecule has 4 heteroatoms. The van der Waals surface area contributed by atoms with Gasteiger partial charge in [-0.1, -0.05) is 29.2 Å².